The minimum absolute atomic E-state index is 0.455. The molecule has 0 N–H and O–H groups in total. The summed E-state index contributed by atoms with van der Waals surface area (Å²) in [5.74, 6) is 0. The molecule has 0 radical (unpaired) electrons. The Bertz CT molecular complexity index is 378. The lowest BCUT2D eigenvalue weighted by Crippen LogP contribution is -2.15. The standard InChI is InChI=1S/2C10H20OSi/c2*1-5-6-9-10(11-9)7-8-12(2,3)4/h2*7-10H,5-6H2,1-4H3/b2*8-7+. The van der Waals surface area contributed by atoms with E-state index in [0.717, 1.165) is 0 Å². The summed E-state index contributed by atoms with van der Waals surface area (Å²) in [5, 5.41) is 0. The van der Waals surface area contributed by atoms with Gasteiger partial charge in [-0.25, -0.2) is 0 Å². The monoisotopic (exact) mass is 368 g/mol. The Morgan fingerprint density at radius 1 is 0.667 bits per heavy atom. The molecule has 140 valence electrons. The molecule has 2 rings (SSSR count). The maximum atomic E-state index is 5.49. The molecule has 2 aliphatic heterocycles. The van der Waals surface area contributed by atoms with E-state index in [1.54, 1.807) is 0 Å². The number of hydrogen-bond donors (Lipinski definition) is 0. The maximum absolute atomic E-state index is 5.49. The zero-order valence-corrected chi connectivity index (χ0v) is 19.3. The highest BCUT2D eigenvalue weighted by molar-refractivity contribution is 6.81. The number of rotatable bonds is 8. The third-order valence-corrected chi connectivity index (χ3v) is 6.35. The van der Waals surface area contributed by atoms with Crippen molar-refractivity contribution in [1.82, 2.24) is 0 Å². The van der Waals surface area contributed by atoms with Crippen LogP contribution >= 0.6 is 0 Å². The van der Waals surface area contributed by atoms with Gasteiger partial charge in [0.25, 0.3) is 0 Å². The van der Waals surface area contributed by atoms with E-state index < -0.39 is 16.1 Å². The molecule has 0 saturated carbocycles. The first-order chi connectivity index (χ1) is 11.1. The van der Waals surface area contributed by atoms with Crippen LogP contribution in [-0.4, -0.2) is 40.6 Å². The Morgan fingerprint density at radius 2 is 1.00 bits per heavy atom. The largest absolute Gasteiger partial charge is 0.365 e. The predicted molar refractivity (Wildman–Crippen MR) is 112 cm³/mol. The molecule has 0 spiro atoms. The molecule has 2 fully saturated rings. The molecule has 4 atom stereocenters. The van der Waals surface area contributed by atoms with Crippen LogP contribution in [0.1, 0.15) is 39.5 Å². The molecule has 0 aromatic heterocycles. The number of ether oxygens (including phenoxy) is 2. The van der Waals surface area contributed by atoms with Crippen molar-refractivity contribution in [2.24, 2.45) is 0 Å². The summed E-state index contributed by atoms with van der Waals surface area (Å²) in [5.41, 5.74) is 4.76. The van der Waals surface area contributed by atoms with Gasteiger partial charge in [-0.1, -0.05) is 89.5 Å². The fourth-order valence-corrected chi connectivity index (χ4v) is 3.99. The average Bonchev–Trinajstić information content (AvgIpc) is 3.32. The lowest BCUT2D eigenvalue weighted by molar-refractivity contribution is 0.378. The summed E-state index contributed by atoms with van der Waals surface area (Å²) < 4.78 is 11.0. The summed E-state index contributed by atoms with van der Waals surface area (Å²) in [6.07, 6.45) is 11.5. The van der Waals surface area contributed by atoms with Crippen molar-refractivity contribution in [3.63, 3.8) is 0 Å². The Labute approximate surface area is 152 Å². The van der Waals surface area contributed by atoms with Crippen LogP contribution < -0.4 is 0 Å². The second-order valence-corrected chi connectivity index (χ2v) is 19.4. The zero-order chi connectivity index (χ0) is 18.4. The zero-order valence-electron chi connectivity index (χ0n) is 17.3. The Hall–Kier alpha value is -0.166. The highest BCUT2D eigenvalue weighted by atomic mass is 28.3. The molecule has 0 aliphatic carbocycles. The molecule has 0 bridgehead atoms. The topological polar surface area (TPSA) is 25.1 Å². The predicted octanol–water partition coefficient (Wildman–Crippen LogP) is 5.98. The molecular formula is C20H40O2Si2. The first kappa shape index (κ1) is 21.9. The molecule has 0 amide bonds. The molecule has 2 aliphatic rings. The van der Waals surface area contributed by atoms with Crippen LogP contribution in [0.15, 0.2) is 23.6 Å². The van der Waals surface area contributed by atoms with Gasteiger partial charge >= 0.3 is 0 Å². The van der Waals surface area contributed by atoms with E-state index in [1.807, 2.05) is 0 Å². The SMILES string of the molecule is CCCC1OC1/C=C/[Si](C)(C)C.CCCC1OC1/C=C/[Si](C)(C)C. The fraction of sp³-hybridized carbons (Fsp3) is 0.800. The lowest BCUT2D eigenvalue weighted by Gasteiger charge is -2.06. The van der Waals surface area contributed by atoms with Crippen LogP contribution in [0.3, 0.4) is 0 Å². The van der Waals surface area contributed by atoms with Gasteiger partial charge in [-0.15, -0.1) is 0 Å². The van der Waals surface area contributed by atoms with Crippen molar-refractivity contribution in [1.29, 1.82) is 0 Å². The molecule has 2 saturated heterocycles. The molecule has 0 aromatic carbocycles. The molecule has 4 unspecified atom stereocenters. The third kappa shape index (κ3) is 10.6. The second kappa shape index (κ2) is 9.51. The minimum Gasteiger partial charge on any atom is -0.365 e. The Morgan fingerprint density at radius 3 is 1.25 bits per heavy atom. The molecule has 2 heterocycles. The van der Waals surface area contributed by atoms with Crippen molar-refractivity contribution in [2.75, 3.05) is 0 Å². The van der Waals surface area contributed by atoms with Crippen LogP contribution in [0.2, 0.25) is 39.3 Å². The normalized spacial score (nSPS) is 29.7. The van der Waals surface area contributed by atoms with Gasteiger partial charge in [0.15, 0.2) is 0 Å². The van der Waals surface area contributed by atoms with Gasteiger partial charge < -0.3 is 9.47 Å². The lowest BCUT2D eigenvalue weighted by atomic mass is 10.2. The summed E-state index contributed by atoms with van der Waals surface area (Å²) in [6.45, 7) is 18.5. The Kier molecular flexibility index (Phi) is 8.67. The summed E-state index contributed by atoms with van der Waals surface area (Å²) >= 11 is 0. The van der Waals surface area contributed by atoms with E-state index in [-0.39, 0.29) is 0 Å². The Balaban J connectivity index is 0.000000240. The third-order valence-electron chi connectivity index (χ3n) is 3.96. The van der Waals surface area contributed by atoms with E-state index in [0.29, 0.717) is 24.4 Å². The molecular weight excluding hydrogens is 328 g/mol. The summed E-state index contributed by atoms with van der Waals surface area (Å²) in [4.78, 5) is 0. The first-order valence-electron chi connectivity index (χ1n) is 9.75. The molecule has 24 heavy (non-hydrogen) atoms. The van der Waals surface area contributed by atoms with Gasteiger partial charge in [0.2, 0.25) is 0 Å². The van der Waals surface area contributed by atoms with E-state index in [9.17, 15) is 0 Å². The smallest absolute Gasteiger partial charge is 0.102 e. The highest BCUT2D eigenvalue weighted by Crippen LogP contribution is 2.28. The molecule has 0 aromatic rings. The van der Waals surface area contributed by atoms with E-state index >= 15 is 0 Å². The number of hydrogen-bond acceptors (Lipinski definition) is 2. The fourth-order valence-electron chi connectivity index (χ4n) is 2.45. The van der Waals surface area contributed by atoms with Gasteiger partial charge in [0.05, 0.1) is 28.4 Å². The van der Waals surface area contributed by atoms with Crippen molar-refractivity contribution in [3.05, 3.63) is 23.6 Å². The van der Waals surface area contributed by atoms with Crippen molar-refractivity contribution < 1.29 is 9.47 Å². The summed E-state index contributed by atoms with van der Waals surface area (Å²) in [6, 6.07) is 0. The maximum Gasteiger partial charge on any atom is 0.102 e. The first-order valence-corrected chi connectivity index (χ1v) is 16.9. The van der Waals surface area contributed by atoms with Crippen LogP contribution in [-0.2, 0) is 9.47 Å². The van der Waals surface area contributed by atoms with Crippen LogP contribution in [0.25, 0.3) is 0 Å². The second-order valence-electron chi connectivity index (χ2n) is 9.31. The van der Waals surface area contributed by atoms with Gasteiger partial charge in [0, 0.05) is 0 Å². The van der Waals surface area contributed by atoms with Gasteiger partial charge in [-0.3, -0.25) is 0 Å². The van der Waals surface area contributed by atoms with E-state index in [2.05, 4.69) is 76.7 Å². The van der Waals surface area contributed by atoms with Crippen molar-refractivity contribution in [2.45, 2.75) is 103 Å². The van der Waals surface area contributed by atoms with E-state index in [4.69, 9.17) is 9.47 Å². The van der Waals surface area contributed by atoms with Gasteiger partial charge in [-0.2, -0.15) is 0 Å². The van der Waals surface area contributed by atoms with Crippen LogP contribution in [0.4, 0.5) is 0 Å². The van der Waals surface area contributed by atoms with Crippen LogP contribution in [0, 0.1) is 0 Å². The summed E-state index contributed by atoms with van der Waals surface area (Å²) in [7, 11) is -1.99. The minimum atomic E-state index is -0.993. The van der Waals surface area contributed by atoms with E-state index in [1.165, 1.54) is 25.7 Å². The quantitative estimate of drug-likeness (QED) is 0.389. The van der Waals surface area contributed by atoms with Crippen molar-refractivity contribution in [3.8, 4) is 0 Å². The van der Waals surface area contributed by atoms with Gasteiger partial charge in [0.1, 0.15) is 12.2 Å². The van der Waals surface area contributed by atoms with Crippen LogP contribution in [0.5, 0.6) is 0 Å². The average molecular weight is 369 g/mol. The molecule has 4 heteroatoms. The van der Waals surface area contributed by atoms with Gasteiger partial charge in [-0.05, 0) is 12.8 Å². The highest BCUT2D eigenvalue weighted by Gasteiger charge is 2.36. The van der Waals surface area contributed by atoms with Crippen molar-refractivity contribution >= 4 is 16.1 Å². The number of epoxide rings is 2. The molecule has 2 nitrogen and oxygen atoms in total.